The second-order valence-electron chi connectivity index (χ2n) is 10.8. The Morgan fingerprint density at radius 3 is 2.05 bits per heavy atom. The van der Waals surface area contributed by atoms with Crippen molar-refractivity contribution in [2.45, 2.75) is 6.92 Å². The monoisotopic (exact) mass is 524 g/mol. The molecule has 0 saturated heterocycles. The lowest BCUT2D eigenvalue weighted by atomic mass is 10.0. The van der Waals surface area contributed by atoms with Crippen molar-refractivity contribution in [3.05, 3.63) is 133 Å². The molecule has 0 fully saturated rings. The Kier molecular flexibility index (Phi) is 4.50. The van der Waals surface area contributed by atoms with Gasteiger partial charge in [0.1, 0.15) is 5.82 Å². The maximum atomic E-state index is 4.79. The quantitative estimate of drug-likeness (QED) is 0.211. The Bertz CT molecular complexity index is 2500. The number of pyridine rings is 2. The van der Waals surface area contributed by atoms with Crippen LogP contribution in [0.4, 0.5) is 0 Å². The summed E-state index contributed by atoms with van der Waals surface area (Å²) in [7, 11) is 0. The highest BCUT2D eigenvalue weighted by molar-refractivity contribution is 6.17. The van der Waals surface area contributed by atoms with Crippen LogP contribution in [0.15, 0.2) is 128 Å². The fourth-order valence-corrected chi connectivity index (χ4v) is 6.60. The molecule has 4 nitrogen and oxygen atoms in total. The van der Waals surface area contributed by atoms with E-state index in [0.717, 1.165) is 33.4 Å². The van der Waals surface area contributed by atoms with Crippen molar-refractivity contribution in [1.82, 2.24) is 19.1 Å². The zero-order valence-electron chi connectivity index (χ0n) is 22.4. The van der Waals surface area contributed by atoms with Gasteiger partial charge in [0.2, 0.25) is 0 Å². The predicted molar refractivity (Wildman–Crippen MR) is 170 cm³/mol. The lowest BCUT2D eigenvalue weighted by Crippen LogP contribution is -1.99. The standard InChI is InChI=1S/C37H24N4/c1-23-16-18-38-36(19-23)41-33-11-5-2-8-27(33)29-15-14-26(21-34(29)41)40-32-10-4-3-9-28(32)31-20-25-13-12-24-7-6-17-39-37(24)30(25)22-35(31)40/h2-22H,1H3. The fourth-order valence-electron chi connectivity index (χ4n) is 6.60. The summed E-state index contributed by atoms with van der Waals surface area (Å²) in [6, 6.07) is 41.5. The van der Waals surface area contributed by atoms with Crippen LogP contribution < -0.4 is 0 Å². The van der Waals surface area contributed by atoms with Crippen molar-refractivity contribution in [3.8, 4) is 11.5 Å². The second-order valence-corrected chi connectivity index (χ2v) is 10.8. The maximum absolute atomic E-state index is 4.79. The summed E-state index contributed by atoms with van der Waals surface area (Å²) in [6.45, 7) is 2.12. The van der Waals surface area contributed by atoms with Gasteiger partial charge in [-0.05, 0) is 72.5 Å². The number of aromatic nitrogens is 4. The summed E-state index contributed by atoms with van der Waals surface area (Å²) < 4.78 is 4.69. The Morgan fingerprint density at radius 2 is 1.20 bits per heavy atom. The van der Waals surface area contributed by atoms with E-state index in [2.05, 4.69) is 119 Å². The molecule has 4 heteroatoms. The van der Waals surface area contributed by atoms with Crippen LogP contribution in [0.5, 0.6) is 0 Å². The number of aryl methyl sites for hydroxylation is 1. The summed E-state index contributed by atoms with van der Waals surface area (Å²) >= 11 is 0. The maximum Gasteiger partial charge on any atom is 0.137 e. The molecule has 0 saturated carbocycles. The first-order chi connectivity index (χ1) is 20.2. The van der Waals surface area contributed by atoms with E-state index in [1.807, 2.05) is 24.5 Å². The lowest BCUT2D eigenvalue weighted by Gasteiger charge is -2.11. The van der Waals surface area contributed by atoms with Gasteiger partial charge in [-0.2, -0.15) is 0 Å². The fraction of sp³-hybridized carbons (Fsp3) is 0.0270. The third kappa shape index (κ3) is 3.16. The first kappa shape index (κ1) is 22.3. The minimum Gasteiger partial charge on any atom is -0.309 e. The number of para-hydroxylation sites is 2. The van der Waals surface area contributed by atoms with Crippen molar-refractivity contribution in [2.75, 3.05) is 0 Å². The summed E-state index contributed by atoms with van der Waals surface area (Å²) in [5.74, 6) is 0.930. The predicted octanol–water partition coefficient (Wildman–Crippen LogP) is 9.29. The van der Waals surface area contributed by atoms with Gasteiger partial charge in [0.15, 0.2) is 0 Å². The smallest absolute Gasteiger partial charge is 0.137 e. The van der Waals surface area contributed by atoms with Gasteiger partial charge in [-0.15, -0.1) is 0 Å². The number of rotatable bonds is 2. The van der Waals surface area contributed by atoms with Crippen molar-refractivity contribution in [3.63, 3.8) is 0 Å². The molecule has 4 heterocycles. The highest BCUT2D eigenvalue weighted by atomic mass is 15.1. The highest BCUT2D eigenvalue weighted by Gasteiger charge is 2.18. The molecular weight excluding hydrogens is 500 g/mol. The number of fused-ring (bicyclic) bond motifs is 9. The van der Waals surface area contributed by atoms with Gasteiger partial charge >= 0.3 is 0 Å². The van der Waals surface area contributed by atoms with Crippen LogP contribution in [0.3, 0.4) is 0 Å². The van der Waals surface area contributed by atoms with Crippen LogP contribution in [0.2, 0.25) is 0 Å². The first-order valence-corrected chi connectivity index (χ1v) is 13.9. The van der Waals surface area contributed by atoms with Gasteiger partial charge in [0, 0.05) is 50.4 Å². The van der Waals surface area contributed by atoms with Crippen LogP contribution in [0.1, 0.15) is 5.56 Å². The third-order valence-corrected chi connectivity index (χ3v) is 8.43. The Labute approximate surface area is 235 Å². The molecule has 0 aliphatic rings. The van der Waals surface area contributed by atoms with Gasteiger partial charge in [-0.1, -0.05) is 60.7 Å². The van der Waals surface area contributed by atoms with Crippen molar-refractivity contribution in [1.29, 1.82) is 0 Å². The first-order valence-electron chi connectivity index (χ1n) is 13.9. The number of hydrogen-bond acceptors (Lipinski definition) is 2. The number of benzene rings is 5. The van der Waals surface area contributed by atoms with Crippen molar-refractivity contribution >= 4 is 65.3 Å². The van der Waals surface area contributed by atoms with Gasteiger partial charge < -0.3 is 4.57 Å². The molecule has 0 spiro atoms. The summed E-state index contributed by atoms with van der Waals surface area (Å²) in [4.78, 5) is 9.56. The van der Waals surface area contributed by atoms with Crippen LogP contribution in [-0.2, 0) is 0 Å². The highest BCUT2D eigenvalue weighted by Crippen LogP contribution is 2.38. The van der Waals surface area contributed by atoms with E-state index in [1.54, 1.807) is 0 Å². The molecule has 192 valence electrons. The van der Waals surface area contributed by atoms with E-state index >= 15 is 0 Å². The molecule has 0 N–H and O–H groups in total. The van der Waals surface area contributed by atoms with Gasteiger partial charge in [0.05, 0.1) is 27.6 Å². The molecule has 0 aliphatic heterocycles. The minimum atomic E-state index is 0.930. The topological polar surface area (TPSA) is 35.6 Å². The largest absolute Gasteiger partial charge is 0.309 e. The minimum absolute atomic E-state index is 0.930. The van der Waals surface area contributed by atoms with Crippen molar-refractivity contribution in [2.24, 2.45) is 0 Å². The molecule has 0 radical (unpaired) electrons. The van der Waals surface area contributed by atoms with E-state index in [1.165, 1.54) is 48.9 Å². The molecule has 9 rings (SSSR count). The SMILES string of the molecule is Cc1ccnc(-n2c3ccccc3c3ccc(-n4c5ccccc5c5cc6ccc7cccnc7c6cc54)cc32)c1. The van der Waals surface area contributed by atoms with Gasteiger partial charge in [-0.3, -0.25) is 9.55 Å². The molecule has 0 unspecified atom stereocenters. The zero-order valence-corrected chi connectivity index (χ0v) is 22.4. The zero-order chi connectivity index (χ0) is 27.1. The van der Waals surface area contributed by atoms with Crippen LogP contribution >= 0.6 is 0 Å². The van der Waals surface area contributed by atoms with E-state index in [4.69, 9.17) is 9.97 Å². The molecule has 0 bridgehead atoms. The van der Waals surface area contributed by atoms with E-state index < -0.39 is 0 Å². The molecule has 0 aliphatic carbocycles. The number of nitrogens with zero attached hydrogens (tertiary/aromatic N) is 4. The average Bonchev–Trinajstić information content (AvgIpc) is 3.52. The van der Waals surface area contributed by atoms with Gasteiger partial charge in [0.25, 0.3) is 0 Å². The van der Waals surface area contributed by atoms with E-state index in [0.29, 0.717) is 0 Å². The van der Waals surface area contributed by atoms with E-state index in [9.17, 15) is 0 Å². The Balaban J connectivity index is 1.41. The Morgan fingerprint density at radius 1 is 0.463 bits per heavy atom. The molecule has 41 heavy (non-hydrogen) atoms. The second kappa shape index (κ2) is 8.26. The third-order valence-electron chi connectivity index (χ3n) is 8.43. The van der Waals surface area contributed by atoms with E-state index in [-0.39, 0.29) is 0 Å². The number of hydrogen-bond donors (Lipinski definition) is 0. The molecule has 4 aromatic heterocycles. The van der Waals surface area contributed by atoms with Crippen LogP contribution in [0, 0.1) is 6.92 Å². The molecule has 5 aromatic carbocycles. The average molecular weight is 525 g/mol. The lowest BCUT2D eigenvalue weighted by molar-refractivity contribution is 1.07. The molecule has 9 aromatic rings. The normalized spacial score (nSPS) is 12.0. The van der Waals surface area contributed by atoms with Gasteiger partial charge in [-0.25, -0.2) is 4.98 Å². The van der Waals surface area contributed by atoms with Crippen LogP contribution in [-0.4, -0.2) is 19.1 Å². The Hall–Kier alpha value is -5.48. The van der Waals surface area contributed by atoms with Crippen LogP contribution in [0.25, 0.3) is 76.8 Å². The summed E-state index contributed by atoms with van der Waals surface area (Å²) in [5, 5.41) is 8.44. The summed E-state index contributed by atoms with van der Waals surface area (Å²) in [6.07, 6.45) is 3.78. The molecular formula is C37H24N4. The van der Waals surface area contributed by atoms with Crippen molar-refractivity contribution < 1.29 is 0 Å². The molecule has 0 amide bonds. The molecule has 0 atom stereocenters. The summed E-state index contributed by atoms with van der Waals surface area (Å²) in [5.41, 5.74) is 7.99.